The van der Waals surface area contributed by atoms with Crippen LogP contribution in [0, 0.1) is 0 Å². The van der Waals surface area contributed by atoms with E-state index in [1.54, 1.807) is 0 Å². The number of carbonyl (C=O) groups excluding carboxylic acids is 1. The van der Waals surface area contributed by atoms with Crippen molar-refractivity contribution in [2.24, 2.45) is 0 Å². The molecule has 0 spiro atoms. The van der Waals surface area contributed by atoms with E-state index in [9.17, 15) is 14.7 Å². The quantitative estimate of drug-likeness (QED) is 0.593. The van der Waals surface area contributed by atoms with Crippen LogP contribution in [0.25, 0.3) is 11.1 Å². The monoisotopic (exact) mass is 415 g/mol. The molecule has 3 aromatic rings. The van der Waals surface area contributed by atoms with Gasteiger partial charge in [0.25, 0.3) is 0 Å². The highest BCUT2D eigenvalue weighted by Gasteiger charge is 2.31. The molecule has 1 aliphatic carbocycles. The number of aliphatic carboxylic acids is 1. The van der Waals surface area contributed by atoms with Gasteiger partial charge in [0.1, 0.15) is 12.6 Å². The van der Waals surface area contributed by atoms with Crippen molar-refractivity contribution < 1.29 is 19.4 Å². The third-order valence-corrected chi connectivity index (χ3v) is 5.93. The Kier molecular flexibility index (Phi) is 6.03. The number of ether oxygens (including phenoxy) is 1. The van der Waals surface area contributed by atoms with E-state index in [1.807, 2.05) is 54.6 Å². The summed E-state index contributed by atoms with van der Waals surface area (Å²) in [4.78, 5) is 25.7. The zero-order chi connectivity index (χ0) is 21.8. The molecule has 0 bridgehead atoms. The van der Waals surface area contributed by atoms with Gasteiger partial charge in [0.2, 0.25) is 0 Å². The molecule has 1 N–H and O–H groups in total. The van der Waals surface area contributed by atoms with E-state index >= 15 is 0 Å². The Morgan fingerprint density at radius 1 is 0.903 bits per heavy atom. The lowest BCUT2D eigenvalue weighted by molar-refractivity contribution is -0.142. The van der Waals surface area contributed by atoms with E-state index in [-0.39, 0.29) is 12.5 Å². The molecule has 1 atom stereocenters. The number of fused-ring (bicyclic) bond motifs is 3. The first-order chi connectivity index (χ1) is 15.1. The lowest BCUT2D eigenvalue weighted by Crippen LogP contribution is -2.43. The standard InChI is InChI=1S/C26H25NO4/c1-27(24(25(28)29)16-15-18-9-3-2-4-10-18)26(30)31-17-23-21-13-7-5-11-19(21)20-12-6-8-14-22(20)23/h2-14,23-24H,15-17H2,1H3,(H,28,29)/t24-/m1/s1. The first kappa shape index (κ1) is 20.7. The zero-order valence-corrected chi connectivity index (χ0v) is 17.4. The van der Waals surface area contributed by atoms with E-state index in [0.29, 0.717) is 12.8 Å². The number of benzene rings is 3. The minimum absolute atomic E-state index is 0.0580. The minimum Gasteiger partial charge on any atom is -0.480 e. The Hall–Kier alpha value is -3.60. The SMILES string of the molecule is CN(C(=O)OCC1c2ccccc2-c2ccccc21)[C@H](CCc1ccccc1)C(=O)O. The maximum atomic E-state index is 12.7. The summed E-state index contributed by atoms with van der Waals surface area (Å²) in [5, 5.41) is 9.66. The summed E-state index contributed by atoms with van der Waals surface area (Å²) >= 11 is 0. The first-order valence-electron chi connectivity index (χ1n) is 10.4. The van der Waals surface area contributed by atoms with Crippen LogP contribution in [-0.4, -0.2) is 41.8 Å². The number of carbonyl (C=O) groups is 2. The Balaban J connectivity index is 1.43. The number of carboxylic acid groups (broad SMARTS) is 1. The van der Waals surface area contributed by atoms with Crippen LogP contribution in [-0.2, 0) is 16.0 Å². The average Bonchev–Trinajstić information content (AvgIpc) is 3.11. The third kappa shape index (κ3) is 4.31. The van der Waals surface area contributed by atoms with E-state index in [0.717, 1.165) is 27.8 Å². The van der Waals surface area contributed by atoms with E-state index in [2.05, 4.69) is 24.3 Å². The van der Waals surface area contributed by atoms with Crippen molar-refractivity contribution >= 4 is 12.1 Å². The highest BCUT2D eigenvalue weighted by Crippen LogP contribution is 2.44. The van der Waals surface area contributed by atoms with Crippen LogP contribution in [0.4, 0.5) is 4.79 Å². The van der Waals surface area contributed by atoms with E-state index in [1.165, 1.54) is 11.9 Å². The van der Waals surface area contributed by atoms with Gasteiger partial charge in [-0.25, -0.2) is 9.59 Å². The molecule has 5 nitrogen and oxygen atoms in total. The van der Waals surface area contributed by atoms with Crippen LogP contribution in [0.15, 0.2) is 78.9 Å². The smallest absolute Gasteiger partial charge is 0.410 e. The molecular weight excluding hydrogens is 390 g/mol. The first-order valence-corrected chi connectivity index (χ1v) is 10.4. The second-order valence-electron chi connectivity index (χ2n) is 7.79. The molecule has 0 saturated heterocycles. The van der Waals surface area contributed by atoms with Gasteiger partial charge >= 0.3 is 12.1 Å². The van der Waals surface area contributed by atoms with Crippen LogP contribution >= 0.6 is 0 Å². The fourth-order valence-electron chi connectivity index (χ4n) is 4.25. The molecule has 158 valence electrons. The van der Waals surface area contributed by atoms with Gasteiger partial charge < -0.3 is 9.84 Å². The van der Waals surface area contributed by atoms with Crippen molar-refractivity contribution in [3.05, 3.63) is 95.6 Å². The molecule has 0 aromatic heterocycles. The molecule has 0 saturated carbocycles. The van der Waals surface area contributed by atoms with Crippen molar-refractivity contribution in [1.29, 1.82) is 0 Å². The topological polar surface area (TPSA) is 66.8 Å². The van der Waals surface area contributed by atoms with Crippen LogP contribution in [0.1, 0.15) is 29.0 Å². The Labute approximate surface area is 181 Å². The lowest BCUT2D eigenvalue weighted by atomic mass is 9.98. The van der Waals surface area contributed by atoms with Gasteiger partial charge in [-0.1, -0.05) is 78.9 Å². The van der Waals surface area contributed by atoms with Gasteiger partial charge in [-0.3, -0.25) is 4.90 Å². The van der Waals surface area contributed by atoms with Crippen molar-refractivity contribution in [1.82, 2.24) is 4.90 Å². The van der Waals surface area contributed by atoms with Gasteiger partial charge in [-0.15, -0.1) is 0 Å². The van der Waals surface area contributed by atoms with Crippen molar-refractivity contribution in [3.63, 3.8) is 0 Å². The van der Waals surface area contributed by atoms with Crippen LogP contribution in [0.3, 0.4) is 0 Å². The zero-order valence-electron chi connectivity index (χ0n) is 17.4. The summed E-state index contributed by atoms with van der Waals surface area (Å²) in [6, 6.07) is 24.9. The second kappa shape index (κ2) is 9.04. The van der Waals surface area contributed by atoms with Gasteiger partial charge in [0, 0.05) is 13.0 Å². The number of carboxylic acids is 1. The summed E-state index contributed by atoms with van der Waals surface area (Å²) in [6.07, 6.45) is 0.265. The van der Waals surface area contributed by atoms with Crippen molar-refractivity contribution in [3.8, 4) is 11.1 Å². The molecule has 4 rings (SSSR count). The number of hydrogen-bond donors (Lipinski definition) is 1. The predicted molar refractivity (Wildman–Crippen MR) is 119 cm³/mol. The number of amides is 1. The predicted octanol–water partition coefficient (Wildman–Crippen LogP) is 4.95. The molecule has 3 aromatic carbocycles. The molecule has 1 aliphatic rings. The summed E-state index contributed by atoms with van der Waals surface area (Å²) in [5.74, 6) is -1.09. The average molecular weight is 415 g/mol. The molecular formula is C26H25NO4. The number of rotatable bonds is 7. The lowest BCUT2D eigenvalue weighted by Gasteiger charge is -2.25. The van der Waals surface area contributed by atoms with E-state index in [4.69, 9.17) is 4.74 Å². The molecule has 5 heteroatoms. The summed E-state index contributed by atoms with van der Waals surface area (Å²) in [6.45, 7) is 0.169. The maximum Gasteiger partial charge on any atom is 0.410 e. The molecule has 0 radical (unpaired) electrons. The molecule has 0 heterocycles. The third-order valence-electron chi connectivity index (χ3n) is 5.93. The molecule has 0 unspecified atom stereocenters. The van der Waals surface area contributed by atoms with Crippen LogP contribution < -0.4 is 0 Å². The molecule has 31 heavy (non-hydrogen) atoms. The minimum atomic E-state index is -1.04. The van der Waals surface area contributed by atoms with Gasteiger partial charge in [0.05, 0.1) is 0 Å². The fraction of sp³-hybridized carbons (Fsp3) is 0.231. The summed E-state index contributed by atoms with van der Waals surface area (Å²) in [7, 11) is 1.49. The molecule has 0 fully saturated rings. The Bertz CT molecular complexity index is 1030. The fourth-order valence-corrected chi connectivity index (χ4v) is 4.25. The maximum absolute atomic E-state index is 12.7. The second-order valence-corrected chi connectivity index (χ2v) is 7.79. The number of hydrogen-bond acceptors (Lipinski definition) is 3. The van der Waals surface area contributed by atoms with Crippen molar-refractivity contribution in [2.75, 3.05) is 13.7 Å². The number of nitrogens with zero attached hydrogens (tertiary/aromatic N) is 1. The Morgan fingerprint density at radius 3 is 2.03 bits per heavy atom. The van der Waals surface area contributed by atoms with Crippen molar-refractivity contribution in [2.45, 2.75) is 24.8 Å². The van der Waals surface area contributed by atoms with E-state index < -0.39 is 18.1 Å². The van der Waals surface area contributed by atoms with Gasteiger partial charge in [-0.2, -0.15) is 0 Å². The molecule has 1 amide bonds. The normalized spacial score (nSPS) is 13.2. The Morgan fingerprint density at radius 2 is 1.45 bits per heavy atom. The highest BCUT2D eigenvalue weighted by molar-refractivity contribution is 5.81. The largest absolute Gasteiger partial charge is 0.480 e. The summed E-state index contributed by atoms with van der Waals surface area (Å²) in [5.41, 5.74) is 5.59. The number of aryl methyl sites for hydroxylation is 1. The van der Waals surface area contributed by atoms with Crippen LogP contribution in [0.2, 0.25) is 0 Å². The summed E-state index contributed by atoms with van der Waals surface area (Å²) < 4.78 is 5.61. The van der Waals surface area contributed by atoms with Crippen LogP contribution in [0.5, 0.6) is 0 Å². The van der Waals surface area contributed by atoms with Gasteiger partial charge in [0.15, 0.2) is 0 Å². The molecule has 0 aliphatic heterocycles. The number of likely N-dealkylation sites (N-methyl/N-ethyl adjacent to an activating group) is 1. The highest BCUT2D eigenvalue weighted by atomic mass is 16.6. The van der Waals surface area contributed by atoms with Gasteiger partial charge in [-0.05, 0) is 40.7 Å².